The molecule has 0 spiro atoms. The number of aliphatic hydroxyl groups is 1. The lowest BCUT2D eigenvalue weighted by molar-refractivity contribution is -0.131. The molecule has 1 saturated carbocycles. The van der Waals surface area contributed by atoms with Gasteiger partial charge in [0.05, 0.1) is 18.1 Å². The van der Waals surface area contributed by atoms with E-state index in [4.69, 9.17) is 0 Å². The van der Waals surface area contributed by atoms with Gasteiger partial charge in [-0.15, -0.1) is 0 Å². The van der Waals surface area contributed by atoms with Crippen LogP contribution in [0.5, 0.6) is 0 Å². The molecule has 1 saturated heterocycles. The highest BCUT2D eigenvalue weighted by Gasteiger charge is 2.60. The number of hydrogen-bond donors (Lipinski definition) is 2. The zero-order valence-electron chi connectivity index (χ0n) is 22.8. The first-order valence-corrected chi connectivity index (χ1v) is 13.3. The van der Waals surface area contributed by atoms with Crippen molar-refractivity contribution in [1.82, 2.24) is 30.0 Å². The lowest BCUT2D eigenvalue weighted by Gasteiger charge is -2.48. The first-order valence-electron chi connectivity index (χ1n) is 13.3. The van der Waals surface area contributed by atoms with Crippen LogP contribution in [0, 0.1) is 19.3 Å². The zero-order chi connectivity index (χ0) is 27.4. The van der Waals surface area contributed by atoms with Crippen LogP contribution in [0.1, 0.15) is 61.9 Å². The molecule has 1 unspecified atom stereocenters. The molecule has 4 atom stereocenters. The molecule has 1 aromatic carbocycles. The molecule has 0 radical (unpaired) electrons. The quantitative estimate of drug-likeness (QED) is 0.348. The average Bonchev–Trinajstić information content (AvgIpc) is 3.35. The lowest BCUT2D eigenvalue weighted by Crippen LogP contribution is -2.56. The van der Waals surface area contributed by atoms with Gasteiger partial charge in [0, 0.05) is 42.9 Å². The number of amides is 1. The van der Waals surface area contributed by atoms with Crippen LogP contribution in [0.25, 0.3) is 22.0 Å². The summed E-state index contributed by atoms with van der Waals surface area (Å²) in [4.78, 5) is 36.2. The van der Waals surface area contributed by atoms with Gasteiger partial charge in [0.15, 0.2) is 5.78 Å². The highest BCUT2D eigenvalue weighted by atomic mass is 16.3. The Kier molecular flexibility index (Phi) is 6.69. The van der Waals surface area contributed by atoms with Gasteiger partial charge >= 0.3 is 0 Å². The average molecular weight is 517 g/mol. The van der Waals surface area contributed by atoms with Crippen molar-refractivity contribution >= 4 is 22.6 Å². The minimum absolute atomic E-state index is 0.0646. The highest BCUT2D eigenvalue weighted by molar-refractivity contribution is 6.06. The third-order valence-corrected chi connectivity index (χ3v) is 8.01. The number of hydrogen-bond acceptors (Lipinski definition) is 7. The standard InChI is InChI=1S/C29H36N6O3/c1-7-8-30-28(38)23-12-29(6)11-17(3)27(29)35(23)24(37)15-34-26-16(2)9-20(21-13-31-19(5)32-14-21)10-22(26)25(33-34)18(4)36/h9-10,13-14,23-24,27,37H,3,7-8,11-12,15H2,1-2,4-6H3,(H,30,38)/t23-,24?,27+,29+/m0/s1. The molecule has 2 N–H and O–H groups in total. The molecule has 3 heterocycles. The third kappa shape index (κ3) is 4.33. The van der Waals surface area contributed by atoms with Crippen molar-refractivity contribution in [2.75, 3.05) is 6.54 Å². The van der Waals surface area contributed by atoms with Crippen molar-refractivity contribution in [1.29, 1.82) is 0 Å². The van der Waals surface area contributed by atoms with Crippen LogP contribution in [0.2, 0.25) is 0 Å². The predicted molar refractivity (Wildman–Crippen MR) is 145 cm³/mol. The number of aromatic nitrogens is 4. The van der Waals surface area contributed by atoms with Crippen molar-refractivity contribution in [3.05, 3.63) is 53.8 Å². The Morgan fingerprint density at radius 1 is 1.24 bits per heavy atom. The van der Waals surface area contributed by atoms with Crippen molar-refractivity contribution in [3.63, 3.8) is 0 Å². The Bertz CT molecular complexity index is 1430. The normalized spacial score (nSPS) is 23.8. The van der Waals surface area contributed by atoms with E-state index in [-0.39, 0.29) is 29.7 Å². The molecule has 38 heavy (non-hydrogen) atoms. The SMILES string of the molecule is C=C1C[C@]2(C)C[C@@H](C(=O)NCCC)N(C(O)Cn3nc(C(C)=O)c4cc(-c5cnc(C)nc5)cc(C)c43)[C@H]12. The van der Waals surface area contributed by atoms with Crippen LogP contribution in [0.4, 0.5) is 0 Å². The van der Waals surface area contributed by atoms with E-state index in [1.165, 1.54) is 6.92 Å². The van der Waals surface area contributed by atoms with Gasteiger partial charge in [0.2, 0.25) is 5.91 Å². The summed E-state index contributed by atoms with van der Waals surface area (Å²) >= 11 is 0. The summed E-state index contributed by atoms with van der Waals surface area (Å²) in [7, 11) is 0. The molecule has 1 aliphatic carbocycles. The fourth-order valence-electron chi connectivity index (χ4n) is 6.41. The molecule has 9 heteroatoms. The topological polar surface area (TPSA) is 113 Å². The van der Waals surface area contributed by atoms with Crippen molar-refractivity contribution in [2.45, 2.75) is 78.7 Å². The number of benzene rings is 1. The Morgan fingerprint density at radius 2 is 1.95 bits per heavy atom. The highest BCUT2D eigenvalue weighted by Crippen LogP contribution is 2.57. The van der Waals surface area contributed by atoms with Gasteiger partial charge in [0.1, 0.15) is 17.7 Å². The Labute approximate surface area is 223 Å². The van der Waals surface area contributed by atoms with E-state index in [0.29, 0.717) is 24.5 Å². The van der Waals surface area contributed by atoms with E-state index >= 15 is 0 Å². The maximum Gasteiger partial charge on any atom is 0.237 e. The number of aliphatic hydroxyl groups excluding tert-OH is 1. The van der Waals surface area contributed by atoms with Gasteiger partial charge in [-0.3, -0.25) is 19.2 Å². The summed E-state index contributed by atoms with van der Waals surface area (Å²) in [5.74, 6) is 0.467. The largest absolute Gasteiger partial charge is 0.376 e. The number of likely N-dealkylation sites (tertiary alicyclic amines) is 1. The maximum atomic E-state index is 13.1. The van der Waals surface area contributed by atoms with Crippen LogP contribution in [-0.4, -0.2) is 66.3 Å². The van der Waals surface area contributed by atoms with Crippen LogP contribution < -0.4 is 5.32 Å². The van der Waals surface area contributed by atoms with E-state index in [2.05, 4.69) is 33.9 Å². The lowest BCUT2D eigenvalue weighted by atomic mass is 9.63. The second-order valence-electron chi connectivity index (χ2n) is 11.1. The molecule has 3 aromatic rings. The number of ketones is 1. The minimum Gasteiger partial charge on any atom is -0.376 e. The number of nitrogens with one attached hydrogen (secondary N) is 1. The summed E-state index contributed by atoms with van der Waals surface area (Å²) in [6.45, 7) is 14.4. The van der Waals surface area contributed by atoms with Gasteiger partial charge in [0.25, 0.3) is 0 Å². The fraction of sp³-hybridized carbons (Fsp3) is 0.483. The van der Waals surface area contributed by atoms with Gasteiger partial charge < -0.3 is 10.4 Å². The van der Waals surface area contributed by atoms with E-state index in [9.17, 15) is 14.7 Å². The molecule has 2 aliphatic rings. The smallest absolute Gasteiger partial charge is 0.237 e. The van der Waals surface area contributed by atoms with Gasteiger partial charge in [-0.25, -0.2) is 9.97 Å². The number of aryl methyl sites for hydroxylation is 2. The van der Waals surface area contributed by atoms with E-state index in [1.54, 1.807) is 17.1 Å². The number of fused-ring (bicyclic) bond motifs is 2. The van der Waals surface area contributed by atoms with Crippen LogP contribution in [0.15, 0.2) is 36.7 Å². The Balaban J connectivity index is 1.52. The van der Waals surface area contributed by atoms with E-state index in [0.717, 1.165) is 46.0 Å². The van der Waals surface area contributed by atoms with Crippen LogP contribution >= 0.6 is 0 Å². The number of rotatable bonds is 8. The second kappa shape index (κ2) is 9.71. The first-order chi connectivity index (χ1) is 18.0. The molecule has 0 bridgehead atoms. The molecule has 1 amide bonds. The zero-order valence-corrected chi connectivity index (χ0v) is 22.8. The van der Waals surface area contributed by atoms with Gasteiger partial charge in [-0.1, -0.05) is 26.0 Å². The monoisotopic (exact) mass is 516 g/mol. The number of Topliss-reactive ketones (excluding diaryl/α,β-unsaturated/α-hetero) is 1. The summed E-state index contributed by atoms with van der Waals surface area (Å²) in [6, 6.07) is 3.43. The number of carbonyl (C=O) groups is 2. The predicted octanol–water partition coefficient (Wildman–Crippen LogP) is 3.57. The third-order valence-electron chi connectivity index (χ3n) is 8.01. The number of nitrogens with zero attached hydrogens (tertiary/aromatic N) is 5. The summed E-state index contributed by atoms with van der Waals surface area (Å²) in [5, 5.41) is 20.0. The molecule has 1 aliphatic heterocycles. The van der Waals surface area contributed by atoms with Gasteiger partial charge in [-0.05, 0) is 61.8 Å². The first kappa shape index (κ1) is 26.2. The minimum atomic E-state index is -0.983. The Morgan fingerprint density at radius 3 is 2.58 bits per heavy atom. The van der Waals surface area contributed by atoms with Crippen LogP contribution in [-0.2, 0) is 11.3 Å². The Hall–Kier alpha value is -3.43. The van der Waals surface area contributed by atoms with Gasteiger partial charge in [-0.2, -0.15) is 5.10 Å². The maximum absolute atomic E-state index is 13.1. The van der Waals surface area contributed by atoms with Crippen molar-refractivity contribution < 1.29 is 14.7 Å². The van der Waals surface area contributed by atoms with Crippen molar-refractivity contribution in [2.24, 2.45) is 5.41 Å². The van der Waals surface area contributed by atoms with E-state index in [1.807, 2.05) is 37.8 Å². The van der Waals surface area contributed by atoms with Crippen molar-refractivity contribution in [3.8, 4) is 11.1 Å². The summed E-state index contributed by atoms with van der Waals surface area (Å²) < 4.78 is 1.71. The molecule has 2 aromatic heterocycles. The molecular formula is C29H36N6O3. The molecular weight excluding hydrogens is 480 g/mol. The second-order valence-corrected chi connectivity index (χ2v) is 11.1. The van der Waals surface area contributed by atoms with E-state index < -0.39 is 12.3 Å². The fourth-order valence-corrected chi connectivity index (χ4v) is 6.41. The molecule has 5 rings (SSSR count). The molecule has 9 nitrogen and oxygen atoms in total. The van der Waals surface area contributed by atoms with Crippen LogP contribution in [0.3, 0.4) is 0 Å². The molecule has 2 fully saturated rings. The number of carbonyl (C=O) groups excluding carboxylic acids is 2. The molecule has 200 valence electrons. The summed E-state index contributed by atoms with van der Waals surface area (Å²) in [5.41, 5.74) is 4.74. The summed E-state index contributed by atoms with van der Waals surface area (Å²) in [6.07, 6.45) is 4.92.